The molecule has 1 rings (SSSR count). The van der Waals surface area contributed by atoms with Crippen LogP contribution < -0.4 is 14.8 Å². The van der Waals surface area contributed by atoms with Crippen LogP contribution in [0.15, 0.2) is 23.1 Å². The van der Waals surface area contributed by atoms with Crippen molar-refractivity contribution in [1.82, 2.24) is 10.0 Å². The molecule has 1 aromatic rings. The summed E-state index contributed by atoms with van der Waals surface area (Å²) in [7, 11) is -0.859. The van der Waals surface area contributed by atoms with Crippen molar-refractivity contribution in [2.75, 3.05) is 14.2 Å². The van der Waals surface area contributed by atoms with Gasteiger partial charge in [0.05, 0.1) is 7.11 Å². The predicted octanol–water partition coefficient (Wildman–Crippen LogP) is -0.151. The summed E-state index contributed by atoms with van der Waals surface area (Å²) in [6.07, 6.45) is 0.552. The molecule has 17 heavy (non-hydrogen) atoms. The normalized spacial score (nSPS) is 10.9. The lowest BCUT2D eigenvalue weighted by Gasteiger charge is -2.10. The number of sulfonamides is 1. The first-order valence-electron chi connectivity index (χ1n) is 4.82. The monoisotopic (exact) mass is 258 g/mol. The van der Waals surface area contributed by atoms with Crippen molar-refractivity contribution in [2.45, 2.75) is 11.4 Å². The van der Waals surface area contributed by atoms with Crippen molar-refractivity contribution in [2.24, 2.45) is 0 Å². The molecule has 94 valence electrons. The molecular weight excluding hydrogens is 244 g/mol. The molecule has 0 aliphatic rings. The van der Waals surface area contributed by atoms with E-state index in [-0.39, 0.29) is 17.2 Å². The Labute approximate surface area is 100 Å². The Kier molecular flexibility index (Phi) is 4.47. The first-order chi connectivity index (χ1) is 8.05. The number of carbonyl (C=O) groups is 1. The molecular formula is C10H14N2O4S. The first-order valence-corrected chi connectivity index (χ1v) is 6.31. The van der Waals surface area contributed by atoms with E-state index < -0.39 is 10.0 Å². The molecule has 2 N–H and O–H groups in total. The van der Waals surface area contributed by atoms with Gasteiger partial charge < -0.3 is 10.1 Å². The molecule has 0 aromatic heterocycles. The highest BCUT2D eigenvalue weighted by molar-refractivity contribution is 7.89. The van der Waals surface area contributed by atoms with E-state index in [1.165, 1.54) is 20.2 Å². The lowest BCUT2D eigenvalue weighted by Crippen LogP contribution is -2.20. The molecule has 0 aliphatic heterocycles. The highest BCUT2D eigenvalue weighted by Crippen LogP contribution is 2.24. The quantitative estimate of drug-likeness (QED) is 0.695. The number of amides is 1. The Balaban J connectivity index is 3.20. The van der Waals surface area contributed by atoms with E-state index in [2.05, 4.69) is 10.0 Å². The Morgan fingerprint density at radius 1 is 1.41 bits per heavy atom. The number of carbonyl (C=O) groups excluding carboxylic acids is 1. The van der Waals surface area contributed by atoms with Crippen molar-refractivity contribution in [3.8, 4) is 5.75 Å². The number of benzene rings is 1. The second kappa shape index (κ2) is 5.65. The van der Waals surface area contributed by atoms with Gasteiger partial charge in [-0.25, -0.2) is 13.1 Å². The van der Waals surface area contributed by atoms with E-state index in [1.807, 2.05) is 0 Å². The summed E-state index contributed by atoms with van der Waals surface area (Å²) in [5.41, 5.74) is 0.673. The molecule has 0 atom stereocenters. The average molecular weight is 258 g/mol. The topological polar surface area (TPSA) is 84.5 Å². The molecule has 1 aromatic carbocycles. The van der Waals surface area contributed by atoms with Crippen LogP contribution in [0.25, 0.3) is 0 Å². The summed E-state index contributed by atoms with van der Waals surface area (Å²) in [4.78, 5) is 10.2. The molecule has 0 saturated heterocycles. The third-order valence-corrected chi connectivity index (χ3v) is 3.61. The fourth-order valence-electron chi connectivity index (χ4n) is 1.31. The van der Waals surface area contributed by atoms with Gasteiger partial charge in [0.1, 0.15) is 10.6 Å². The van der Waals surface area contributed by atoms with Gasteiger partial charge >= 0.3 is 0 Å². The molecule has 0 unspecified atom stereocenters. The maximum absolute atomic E-state index is 11.7. The van der Waals surface area contributed by atoms with Crippen LogP contribution >= 0.6 is 0 Å². The van der Waals surface area contributed by atoms with Crippen LogP contribution in [-0.4, -0.2) is 29.0 Å². The zero-order valence-electron chi connectivity index (χ0n) is 9.56. The van der Waals surface area contributed by atoms with Crippen molar-refractivity contribution in [3.05, 3.63) is 23.8 Å². The second-order valence-electron chi connectivity index (χ2n) is 3.19. The fourth-order valence-corrected chi connectivity index (χ4v) is 2.25. The Morgan fingerprint density at radius 3 is 2.65 bits per heavy atom. The second-order valence-corrected chi connectivity index (χ2v) is 5.05. The third kappa shape index (κ3) is 3.18. The SMILES string of the molecule is CNS(=O)(=O)c1cc(CNC=O)ccc1OC. The van der Waals surface area contributed by atoms with E-state index in [4.69, 9.17) is 4.74 Å². The van der Waals surface area contributed by atoms with Crippen molar-refractivity contribution >= 4 is 16.4 Å². The summed E-state index contributed by atoms with van der Waals surface area (Å²) in [5.74, 6) is 0.259. The number of ether oxygens (including phenoxy) is 1. The molecule has 0 radical (unpaired) electrons. The van der Waals surface area contributed by atoms with Crippen molar-refractivity contribution in [3.63, 3.8) is 0 Å². The van der Waals surface area contributed by atoms with Crippen LogP contribution in [0.4, 0.5) is 0 Å². The maximum atomic E-state index is 11.7. The molecule has 0 bridgehead atoms. The number of rotatable bonds is 6. The summed E-state index contributed by atoms with van der Waals surface area (Å²) in [5, 5.41) is 2.46. The molecule has 7 heteroatoms. The van der Waals surface area contributed by atoms with Crippen molar-refractivity contribution in [1.29, 1.82) is 0 Å². The lowest BCUT2D eigenvalue weighted by molar-refractivity contribution is -0.109. The predicted molar refractivity (Wildman–Crippen MR) is 62.1 cm³/mol. The summed E-state index contributed by atoms with van der Waals surface area (Å²) >= 11 is 0. The minimum absolute atomic E-state index is 0.0488. The summed E-state index contributed by atoms with van der Waals surface area (Å²) in [6, 6.07) is 4.69. The largest absolute Gasteiger partial charge is 0.495 e. The van der Waals surface area contributed by atoms with Crippen LogP contribution in [0.1, 0.15) is 5.56 Å². The van der Waals surface area contributed by atoms with E-state index in [0.717, 1.165) is 0 Å². The van der Waals surface area contributed by atoms with Gasteiger partial charge in [-0.1, -0.05) is 6.07 Å². The Bertz CT molecular complexity index is 499. The Morgan fingerprint density at radius 2 is 2.12 bits per heavy atom. The Hall–Kier alpha value is -1.60. The van der Waals surface area contributed by atoms with E-state index >= 15 is 0 Å². The van der Waals surface area contributed by atoms with Gasteiger partial charge in [-0.15, -0.1) is 0 Å². The minimum atomic E-state index is -3.58. The number of nitrogens with one attached hydrogen (secondary N) is 2. The first kappa shape index (κ1) is 13.5. The lowest BCUT2D eigenvalue weighted by atomic mass is 10.2. The highest BCUT2D eigenvalue weighted by atomic mass is 32.2. The molecule has 0 saturated carbocycles. The van der Waals surface area contributed by atoms with Gasteiger partial charge in [-0.05, 0) is 24.7 Å². The average Bonchev–Trinajstić information content (AvgIpc) is 2.36. The van der Waals surface area contributed by atoms with E-state index in [9.17, 15) is 13.2 Å². The minimum Gasteiger partial charge on any atom is -0.495 e. The molecule has 0 fully saturated rings. The third-order valence-electron chi connectivity index (χ3n) is 2.18. The van der Waals surface area contributed by atoms with Gasteiger partial charge in [0.25, 0.3) is 0 Å². The smallest absolute Gasteiger partial charge is 0.244 e. The van der Waals surface area contributed by atoms with E-state index in [0.29, 0.717) is 12.0 Å². The van der Waals surface area contributed by atoms with E-state index in [1.54, 1.807) is 12.1 Å². The zero-order chi connectivity index (χ0) is 12.9. The standard InChI is InChI=1S/C10H14N2O4S/c1-11-17(14,15)10-5-8(6-12-7-13)3-4-9(10)16-2/h3-5,7,11H,6H2,1-2H3,(H,12,13). The number of hydrogen-bond donors (Lipinski definition) is 2. The molecule has 6 nitrogen and oxygen atoms in total. The molecule has 0 heterocycles. The van der Waals surface area contributed by atoms with Crippen LogP contribution in [-0.2, 0) is 21.4 Å². The van der Waals surface area contributed by atoms with Gasteiger partial charge in [0.2, 0.25) is 16.4 Å². The summed E-state index contributed by atoms with van der Waals surface area (Å²) in [6.45, 7) is 0.264. The van der Waals surface area contributed by atoms with Gasteiger partial charge in [-0.2, -0.15) is 0 Å². The van der Waals surface area contributed by atoms with Crippen LogP contribution in [0, 0.1) is 0 Å². The van der Waals surface area contributed by atoms with Crippen LogP contribution in [0.5, 0.6) is 5.75 Å². The summed E-state index contributed by atoms with van der Waals surface area (Å²) < 4.78 is 30.7. The van der Waals surface area contributed by atoms with Crippen LogP contribution in [0.2, 0.25) is 0 Å². The number of hydrogen-bond acceptors (Lipinski definition) is 4. The zero-order valence-corrected chi connectivity index (χ0v) is 10.4. The molecule has 1 amide bonds. The van der Waals surface area contributed by atoms with Gasteiger partial charge in [0, 0.05) is 6.54 Å². The van der Waals surface area contributed by atoms with Crippen molar-refractivity contribution < 1.29 is 17.9 Å². The number of methoxy groups -OCH3 is 1. The molecule has 0 aliphatic carbocycles. The fraction of sp³-hybridized carbons (Fsp3) is 0.300. The van der Waals surface area contributed by atoms with Gasteiger partial charge in [-0.3, -0.25) is 4.79 Å². The molecule has 0 spiro atoms. The maximum Gasteiger partial charge on any atom is 0.244 e. The van der Waals surface area contributed by atoms with Crippen LogP contribution in [0.3, 0.4) is 0 Å². The highest BCUT2D eigenvalue weighted by Gasteiger charge is 2.17. The van der Waals surface area contributed by atoms with Gasteiger partial charge in [0.15, 0.2) is 0 Å².